The van der Waals surface area contributed by atoms with Crippen molar-refractivity contribution < 1.29 is 19.5 Å². The predicted octanol–water partition coefficient (Wildman–Crippen LogP) is 5.12. The summed E-state index contributed by atoms with van der Waals surface area (Å²) in [6, 6.07) is 25.3. The lowest BCUT2D eigenvalue weighted by Gasteiger charge is -2.31. The van der Waals surface area contributed by atoms with Gasteiger partial charge in [0.15, 0.2) is 17.3 Å². The Morgan fingerprint density at radius 2 is 1.08 bits per heavy atom. The molecule has 6 nitrogen and oxygen atoms in total. The number of nitrogens with zero attached hydrogens (tertiary/aromatic N) is 2. The summed E-state index contributed by atoms with van der Waals surface area (Å²) < 4.78 is 0. The quantitative estimate of drug-likeness (QED) is 0.309. The second kappa shape index (κ2) is 12.0. The van der Waals surface area contributed by atoms with Crippen molar-refractivity contribution in [1.82, 2.24) is 4.98 Å². The summed E-state index contributed by atoms with van der Waals surface area (Å²) in [5.41, 5.74) is 5.10. The fourth-order valence-corrected chi connectivity index (χ4v) is 4.81. The molecule has 2 heterocycles. The van der Waals surface area contributed by atoms with Gasteiger partial charge in [-0.2, -0.15) is 0 Å². The van der Waals surface area contributed by atoms with Gasteiger partial charge >= 0.3 is 0 Å². The highest BCUT2D eigenvalue weighted by Crippen LogP contribution is 2.21. The normalized spacial score (nSPS) is 13.7. The fraction of sp³-hybridized carbons (Fsp3) is 0.212. The molecule has 0 aliphatic carbocycles. The highest BCUT2D eigenvalue weighted by molar-refractivity contribution is 6.09. The molecule has 0 spiro atoms. The number of aliphatic hydroxyl groups is 1. The maximum atomic E-state index is 13.0. The van der Waals surface area contributed by atoms with Crippen molar-refractivity contribution in [3.05, 3.63) is 131 Å². The van der Waals surface area contributed by atoms with E-state index in [2.05, 4.69) is 9.88 Å². The van der Waals surface area contributed by atoms with Gasteiger partial charge in [0.05, 0.1) is 6.10 Å². The van der Waals surface area contributed by atoms with Crippen molar-refractivity contribution in [2.24, 2.45) is 0 Å². The van der Waals surface area contributed by atoms with Gasteiger partial charge in [-0.05, 0) is 60.4 Å². The van der Waals surface area contributed by atoms with Crippen LogP contribution < -0.4 is 4.90 Å². The highest BCUT2D eigenvalue weighted by atomic mass is 16.3. The lowest BCUT2D eigenvalue weighted by Crippen LogP contribution is -2.35. The largest absolute Gasteiger partial charge is 0.393 e. The van der Waals surface area contributed by atoms with Crippen LogP contribution in [0.1, 0.15) is 60.6 Å². The van der Waals surface area contributed by atoms with Gasteiger partial charge in [0, 0.05) is 66.3 Å². The van der Waals surface area contributed by atoms with Crippen molar-refractivity contribution in [3.63, 3.8) is 0 Å². The maximum Gasteiger partial charge on any atom is 0.193 e. The van der Waals surface area contributed by atoms with Crippen LogP contribution in [-0.4, -0.2) is 46.6 Å². The first-order valence-corrected chi connectivity index (χ1v) is 13.2. The minimum atomic E-state index is -0.218. The molecule has 196 valence electrons. The smallest absolute Gasteiger partial charge is 0.193 e. The first kappa shape index (κ1) is 26.2. The molecule has 0 radical (unpaired) electrons. The summed E-state index contributed by atoms with van der Waals surface area (Å²) in [6.07, 6.45) is 5.01. The molecule has 1 fully saturated rings. The van der Waals surface area contributed by atoms with Gasteiger partial charge in [0.2, 0.25) is 0 Å². The summed E-state index contributed by atoms with van der Waals surface area (Å²) in [5.74, 6) is -0.0902. The number of rotatable bonds is 9. The summed E-state index contributed by atoms with van der Waals surface area (Å²) >= 11 is 0. The molecular formula is C33H30N2O4. The van der Waals surface area contributed by atoms with Gasteiger partial charge in [0.1, 0.15) is 0 Å². The number of pyridine rings is 1. The Hall–Kier alpha value is -4.42. The second-order valence-electron chi connectivity index (χ2n) is 9.92. The summed E-state index contributed by atoms with van der Waals surface area (Å²) in [4.78, 5) is 44.4. The van der Waals surface area contributed by atoms with Crippen LogP contribution in [0.3, 0.4) is 0 Å². The van der Waals surface area contributed by atoms with Crippen molar-refractivity contribution in [2.45, 2.75) is 31.8 Å². The molecule has 39 heavy (non-hydrogen) atoms. The number of carbonyl (C=O) groups excluding carboxylic acids is 3. The number of hydrogen-bond donors (Lipinski definition) is 1. The Bertz CT molecular complexity index is 1440. The number of piperidine rings is 1. The molecule has 0 bridgehead atoms. The molecule has 6 heteroatoms. The molecule has 4 aromatic rings. The number of ketones is 3. The molecule has 0 saturated carbocycles. The predicted molar refractivity (Wildman–Crippen MR) is 151 cm³/mol. The van der Waals surface area contributed by atoms with Crippen LogP contribution >= 0.6 is 0 Å². The third-order valence-electron chi connectivity index (χ3n) is 7.18. The Morgan fingerprint density at radius 3 is 1.56 bits per heavy atom. The maximum absolute atomic E-state index is 13.0. The zero-order valence-corrected chi connectivity index (χ0v) is 21.6. The average Bonchev–Trinajstić information content (AvgIpc) is 2.98. The number of Topliss-reactive ketones (excluding diaryl/α,β-unsaturated/α-hetero) is 2. The molecule has 1 aliphatic rings. The van der Waals surface area contributed by atoms with Gasteiger partial charge < -0.3 is 10.0 Å². The average molecular weight is 519 g/mol. The van der Waals surface area contributed by atoms with Gasteiger partial charge in [-0.15, -0.1) is 0 Å². The number of carbonyl (C=O) groups is 3. The monoisotopic (exact) mass is 518 g/mol. The lowest BCUT2D eigenvalue weighted by molar-refractivity contribution is 0.0984. The summed E-state index contributed by atoms with van der Waals surface area (Å²) in [6.45, 7) is 1.63. The van der Waals surface area contributed by atoms with Crippen LogP contribution in [0.4, 0.5) is 5.69 Å². The summed E-state index contributed by atoms with van der Waals surface area (Å²) in [5, 5.41) is 9.70. The van der Waals surface area contributed by atoms with Crippen LogP contribution in [-0.2, 0) is 12.8 Å². The van der Waals surface area contributed by atoms with E-state index in [0.29, 0.717) is 22.3 Å². The molecule has 3 aromatic carbocycles. The molecule has 0 amide bonds. The zero-order valence-electron chi connectivity index (χ0n) is 21.6. The van der Waals surface area contributed by atoms with E-state index in [0.717, 1.165) is 42.7 Å². The van der Waals surface area contributed by atoms with E-state index >= 15 is 0 Å². The van der Waals surface area contributed by atoms with Gasteiger partial charge in [0.25, 0.3) is 0 Å². The van der Waals surface area contributed by atoms with Crippen LogP contribution in [0.2, 0.25) is 0 Å². The number of anilines is 1. The minimum absolute atomic E-state index is 0.000272. The number of aromatic nitrogens is 1. The standard InChI is InChI=1S/C33H30N2O4/c36-30-15-19-35(20-16-30)29-11-9-25(10-12-29)31(37)21-23-1-5-27(6-2-23)33(39)28-7-3-24(4-8-28)22-32(38)26-13-17-34-18-14-26/h1-14,17-18,30,36H,15-16,19-22H2. The first-order chi connectivity index (χ1) is 19.0. The molecule has 1 N–H and O–H groups in total. The van der Waals surface area contributed by atoms with E-state index in [4.69, 9.17) is 0 Å². The summed E-state index contributed by atoms with van der Waals surface area (Å²) in [7, 11) is 0. The van der Waals surface area contributed by atoms with Crippen molar-refractivity contribution in [3.8, 4) is 0 Å². The van der Waals surface area contributed by atoms with E-state index < -0.39 is 0 Å². The van der Waals surface area contributed by atoms with Gasteiger partial charge in [-0.3, -0.25) is 19.4 Å². The van der Waals surface area contributed by atoms with E-state index in [9.17, 15) is 19.5 Å². The zero-order chi connectivity index (χ0) is 27.2. The molecule has 1 aromatic heterocycles. The number of benzene rings is 3. The molecule has 5 rings (SSSR count). The van der Waals surface area contributed by atoms with Crippen LogP contribution in [0.25, 0.3) is 0 Å². The van der Waals surface area contributed by atoms with Crippen molar-refractivity contribution in [2.75, 3.05) is 18.0 Å². The minimum Gasteiger partial charge on any atom is -0.393 e. The Labute approximate surface area is 228 Å². The lowest BCUT2D eigenvalue weighted by atomic mass is 9.97. The third kappa shape index (κ3) is 6.54. The first-order valence-electron chi connectivity index (χ1n) is 13.2. The SMILES string of the molecule is O=C(Cc1ccc(C(=O)c2ccc(CC(=O)c3ccc(N4CCC(O)CC4)cc3)cc2)cc1)c1ccncc1. The molecule has 1 saturated heterocycles. The van der Waals surface area contributed by atoms with Crippen molar-refractivity contribution >= 4 is 23.0 Å². The topological polar surface area (TPSA) is 87.6 Å². The number of hydrogen-bond acceptors (Lipinski definition) is 6. The molecule has 1 aliphatic heterocycles. The van der Waals surface area contributed by atoms with E-state index in [1.165, 1.54) is 0 Å². The second-order valence-corrected chi connectivity index (χ2v) is 9.92. The van der Waals surface area contributed by atoms with Crippen LogP contribution in [0.5, 0.6) is 0 Å². The Morgan fingerprint density at radius 1 is 0.641 bits per heavy atom. The highest BCUT2D eigenvalue weighted by Gasteiger charge is 2.18. The van der Waals surface area contributed by atoms with Gasteiger partial charge in [-0.25, -0.2) is 0 Å². The van der Waals surface area contributed by atoms with E-state index in [1.807, 2.05) is 36.4 Å². The molecule has 0 unspecified atom stereocenters. The van der Waals surface area contributed by atoms with Crippen LogP contribution in [0.15, 0.2) is 97.3 Å². The van der Waals surface area contributed by atoms with Crippen molar-refractivity contribution in [1.29, 1.82) is 0 Å². The third-order valence-corrected chi connectivity index (χ3v) is 7.18. The van der Waals surface area contributed by atoms with E-state index in [-0.39, 0.29) is 36.3 Å². The number of aliphatic hydroxyl groups excluding tert-OH is 1. The molecular weight excluding hydrogens is 488 g/mol. The van der Waals surface area contributed by atoms with Gasteiger partial charge in [-0.1, -0.05) is 48.5 Å². The fourth-order valence-electron chi connectivity index (χ4n) is 4.81. The Kier molecular flexibility index (Phi) is 8.04. The Balaban J connectivity index is 1.17. The van der Waals surface area contributed by atoms with Crippen LogP contribution in [0, 0.1) is 0 Å². The van der Waals surface area contributed by atoms with E-state index in [1.54, 1.807) is 60.9 Å². The molecule has 0 atom stereocenters.